The molecule has 0 N–H and O–H groups in total. The first-order valence-corrected chi connectivity index (χ1v) is 36.6. The third-order valence-electron chi connectivity index (χ3n) is 21.7. The number of hydrogen-bond donors (Lipinski definition) is 0. The fourth-order valence-electron chi connectivity index (χ4n) is 16.6. The molecule has 20 rings (SSSR count). The summed E-state index contributed by atoms with van der Waals surface area (Å²) in [7, 11) is 0. The maximum absolute atomic E-state index is 2.62. The van der Waals surface area contributed by atoms with E-state index >= 15 is 0 Å². The van der Waals surface area contributed by atoms with E-state index in [4.69, 9.17) is 0 Å². The van der Waals surface area contributed by atoms with Crippen molar-refractivity contribution in [3.63, 3.8) is 0 Å². The number of rotatable bonds is 13. The Morgan fingerprint density at radius 3 is 0.698 bits per heavy atom. The summed E-state index contributed by atoms with van der Waals surface area (Å²) >= 11 is 0. The van der Waals surface area contributed by atoms with E-state index in [0.717, 1.165) is 140 Å². The lowest BCUT2D eigenvalue weighted by molar-refractivity contribution is 1.16. The highest BCUT2D eigenvalue weighted by molar-refractivity contribution is 7.00. The molecule has 0 atom stereocenters. The zero-order chi connectivity index (χ0) is 70.0. The van der Waals surface area contributed by atoms with Crippen LogP contribution in [0, 0.1) is 0 Å². The zero-order valence-electron chi connectivity index (χ0n) is 58.2. The number of fused-ring (bicyclic) bond motifs is 7. The highest BCUT2D eigenvalue weighted by atomic mass is 15.2. The third-order valence-corrected chi connectivity index (χ3v) is 21.7. The van der Waals surface area contributed by atoms with Gasteiger partial charge in [0.15, 0.2) is 0 Å². The van der Waals surface area contributed by atoms with Crippen molar-refractivity contribution >= 4 is 79.0 Å². The quantitative estimate of drug-likeness (QED) is 0.107. The van der Waals surface area contributed by atoms with Gasteiger partial charge in [0.2, 0.25) is 0 Å². The van der Waals surface area contributed by atoms with E-state index in [1.54, 1.807) is 0 Å². The van der Waals surface area contributed by atoms with Gasteiger partial charge in [0.1, 0.15) is 0 Å². The molecule has 0 radical (unpaired) electrons. The Labute approximate surface area is 618 Å². The number of aromatic nitrogens is 1. The van der Waals surface area contributed by atoms with E-state index in [0.29, 0.717) is 0 Å². The minimum Gasteiger partial charge on any atom is -0.311 e. The molecule has 0 saturated carbocycles. The molecule has 0 aliphatic carbocycles. The van der Waals surface area contributed by atoms with Gasteiger partial charge in [0.05, 0.1) is 16.7 Å². The Morgan fingerprint density at radius 1 is 0.160 bits per heavy atom. The Balaban J connectivity index is 0.927. The van der Waals surface area contributed by atoms with Crippen molar-refractivity contribution in [1.82, 2.24) is 4.57 Å². The van der Waals surface area contributed by atoms with Crippen LogP contribution in [0.25, 0.3) is 139 Å². The molecule has 4 heteroatoms. The van der Waals surface area contributed by atoms with Gasteiger partial charge in [-0.3, -0.25) is 0 Å². The molecular formula is C102H68BN3. The molecule has 0 fully saturated rings. The van der Waals surface area contributed by atoms with Crippen molar-refractivity contribution in [2.75, 3.05) is 9.80 Å². The van der Waals surface area contributed by atoms with E-state index in [-0.39, 0.29) is 6.71 Å². The van der Waals surface area contributed by atoms with Crippen LogP contribution in [0.5, 0.6) is 0 Å². The van der Waals surface area contributed by atoms with Gasteiger partial charge in [-0.15, -0.1) is 0 Å². The lowest BCUT2D eigenvalue weighted by Gasteiger charge is -2.45. The summed E-state index contributed by atoms with van der Waals surface area (Å²) in [4.78, 5) is 5.25. The molecule has 0 bridgehead atoms. The zero-order valence-corrected chi connectivity index (χ0v) is 58.2. The molecule has 494 valence electrons. The molecule has 17 aromatic carbocycles. The van der Waals surface area contributed by atoms with E-state index in [2.05, 4.69) is 427 Å². The maximum Gasteiger partial charge on any atom is 0.252 e. The second kappa shape index (κ2) is 26.2. The standard InChI is InChI=1S/C102H68BN3/c1-9-25-69(26-10-1)77-41-45-79(46-42-77)81-51-55-96-94(63-81)103-95-64-82(80-47-43-78(44-48-80)70-27-11-2-12-28-70)52-56-97(95)105(90-61-87(75-37-21-7-22-38-75)58-88(62-90)76-39-23-8-24-40-76)101-68-91(67-100(102(101)103)104(96)89-59-85(73-33-17-5-18-34-73)57-86(60-89)74-35-19-6-20-36-74)106-98-65-83(71-29-13-3-14-30-71)49-53-92(98)93-54-50-84(66-99(93)106)72-31-15-4-16-32-72/h1-68H. The minimum atomic E-state index is -0.270. The molecular weight excluding hydrogens is 1280 g/mol. The van der Waals surface area contributed by atoms with Crippen LogP contribution in [0.15, 0.2) is 413 Å². The minimum absolute atomic E-state index is 0.270. The first kappa shape index (κ1) is 62.0. The van der Waals surface area contributed by atoms with Crippen molar-refractivity contribution in [3.8, 4) is 117 Å². The Hall–Kier alpha value is -13.8. The van der Waals surface area contributed by atoms with Crippen LogP contribution in [0.4, 0.5) is 34.1 Å². The van der Waals surface area contributed by atoms with Crippen LogP contribution < -0.4 is 26.2 Å². The SMILES string of the molecule is c1ccc(-c2ccc(-c3ccc4c(c3)B3c5cc(-c6ccc(-c7ccccc7)cc6)ccc5N(c5cc(-c6ccccc6)cc(-c6ccccc6)c5)c5cc(-n6c7cc(-c8ccccc8)ccc7c7ccc(-c8ccccc8)cc76)cc(c53)N4c3cc(-c4ccccc4)cc(-c4ccccc4)c3)cc2)cc1. The lowest BCUT2D eigenvalue weighted by atomic mass is 9.33. The summed E-state index contributed by atoms with van der Waals surface area (Å²) in [5.74, 6) is 0. The van der Waals surface area contributed by atoms with Gasteiger partial charge in [0, 0.05) is 44.9 Å². The summed E-state index contributed by atoms with van der Waals surface area (Å²) in [5, 5.41) is 2.37. The monoisotopic (exact) mass is 1350 g/mol. The molecule has 3 nitrogen and oxygen atoms in total. The lowest BCUT2D eigenvalue weighted by Crippen LogP contribution is -2.61. The fraction of sp³-hybridized carbons (Fsp3) is 0. The van der Waals surface area contributed by atoms with Crippen molar-refractivity contribution in [1.29, 1.82) is 0 Å². The first-order chi connectivity index (χ1) is 52.5. The van der Waals surface area contributed by atoms with Gasteiger partial charge in [-0.05, 0) is 200 Å². The molecule has 0 unspecified atom stereocenters. The van der Waals surface area contributed by atoms with Gasteiger partial charge in [-0.1, -0.05) is 340 Å². The summed E-state index contributed by atoms with van der Waals surface area (Å²) in [6, 6.07) is 154. The van der Waals surface area contributed by atoms with E-state index in [9.17, 15) is 0 Å². The van der Waals surface area contributed by atoms with Crippen LogP contribution in [-0.2, 0) is 0 Å². The molecule has 1 aromatic heterocycles. The van der Waals surface area contributed by atoms with Crippen LogP contribution in [0.2, 0.25) is 0 Å². The van der Waals surface area contributed by atoms with Crippen molar-refractivity contribution in [3.05, 3.63) is 413 Å². The van der Waals surface area contributed by atoms with Gasteiger partial charge in [-0.2, -0.15) is 0 Å². The summed E-state index contributed by atoms with van der Waals surface area (Å²) in [6.45, 7) is -0.270. The van der Waals surface area contributed by atoms with E-state index < -0.39 is 0 Å². The maximum atomic E-state index is 2.62. The topological polar surface area (TPSA) is 11.4 Å². The average Bonchev–Trinajstić information content (AvgIpc) is 0.814. The molecule has 0 saturated heterocycles. The Bertz CT molecular complexity index is 5830. The second-order valence-corrected chi connectivity index (χ2v) is 28.0. The van der Waals surface area contributed by atoms with Gasteiger partial charge in [0.25, 0.3) is 6.71 Å². The van der Waals surface area contributed by atoms with E-state index in [1.807, 2.05) is 0 Å². The van der Waals surface area contributed by atoms with Crippen LogP contribution in [0.1, 0.15) is 0 Å². The van der Waals surface area contributed by atoms with Crippen LogP contribution in [-0.4, -0.2) is 11.3 Å². The Morgan fingerprint density at radius 2 is 0.396 bits per heavy atom. The molecule has 0 spiro atoms. The molecule has 2 aliphatic heterocycles. The predicted molar refractivity (Wildman–Crippen MR) is 449 cm³/mol. The van der Waals surface area contributed by atoms with Crippen molar-refractivity contribution in [2.24, 2.45) is 0 Å². The highest BCUT2D eigenvalue weighted by Crippen LogP contribution is 2.50. The Kier molecular flexibility index (Phi) is 15.3. The summed E-state index contributed by atoms with van der Waals surface area (Å²) in [5.41, 5.74) is 36.6. The summed E-state index contributed by atoms with van der Waals surface area (Å²) in [6.07, 6.45) is 0. The molecule has 0 amide bonds. The molecule has 106 heavy (non-hydrogen) atoms. The largest absolute Gasteiger partial charge is 0.311 e. The first-order valence-electron chi connectivity index (χ1n) is 36.6. The second-order valence-electron chi connectivity index (χ2n) is 28.0. The van der Waals surface area contributed by atoms with Crippen LogP contribution in [0.3, 0.4) is 0 Å². The molecule has 18 aromatic rings. The smallest absolute Gasteiger partial charge is 0.252 e. The fourth-order valence-corrected chi connectivity index (χ4v) is 16.6. The third kappa shape index (κ3) is 11.1. The van der Waals surface area contributed by atoms with Gasteiger partial charge in [-0.25, -0.2) is 0 Å². The van der Waals surface area contributed by atoms with Crippen molar-refractivity contribution < 1.29 is 0 Å². The molecule has 3 heterocycles. The van der Waals surface area contributed by atoms with E-state index in [1.165, 1.54) is 49.4 Å². The van der Waals surface area contributed by atoms with Crippen molar-refractivity contribution in [2.45, 2.75) is 0 Å². The predicted octanol–water partition coefficient (Wildman–Crippen LogP) is 25.5. The normalized spacial score (nSPS) is 12.1. The highest BCUT2D eigenvalue weighted by Gasteiger charge is 2.45. The summed E-state index contributed by atoms with van der Waals surface area (Å²) < 4.78 is 2.58. The van der Waals surface area contributed by atoms with Gasteiger partial charge < -0.3 is 14.4 Å². The number of nitrogens with zero attached hydrogens (tertiary/aromatic N) is 3. The number of hydrogen-bond acceptors (Lipinski definition) is 2. The molecule has 2 aliphatic rings. The van der Waals surface area contributed by atoms with Crippen LogP contribution >= 0.6 is 0 Å². The average molecular weight is 1350 g/mol. The van der Waals surface area contributed by atoms with Gasteiger partial charge >= 0.3 is 0 Å². The number of anilines is 6. The number of benzene rings is 17.